The Hall–Kier alpha value is -6.15. The Kier molecular flexibility index (Phi) is 27.2. The van der Waals surface area contributed by atoms with Gasteiger partial charge in [-0.2, -0.15) is 0 Å². The van der Waals surface area contributed by atoms with Gasteiger partial charge in [0.1, 0.15) is 41.0 Å². The molecule has 0 saturated carbocycles. The molecule has 0 saturated heterocycles. The summed E-state index contributed by atoms with van der Waals surface area (Å²) in [5.41, 5.74) is 0.135. The Bertz CT molecular complexity index is 1880. The molecule has 0 bridgehead atoms. The number of aryl methyl sites for hydroxylation is 1. The van der Waals surface area contributed by atoms with Crippen molar-refractivity contribution in [1.29, 1.82) is 0 Å². The number of imidazole rings is 1. The minimum Gasteiger partial charge on any atom is -0.481 e. The first kappa shape index (κ1) is 58.9. The van der Waals surface area contributed by atoms with Gasteiger partial charge in [-0.25, -0.2) is 14.6 Å². The number of Topliss-reactive ketones (excluding diaryl/α,β-unsaturated/α-hetero) is 5. The van der Waals surface area contributed by atoms with Gasteiger partial charge in [0.05, 0.1) is 18.2 Å². The molecular weight excluding hydrogens is 879 g/mol. The highest BCUT2D eigenvalue weighted by Gasteiger charge is 2.30. The first-order valence-electron chi connectivity index (χ1n) is 22.8. The first-order valence-corrected chi connectivity index (χ1v) is 22.8. The van der Waals surface area contributed by atoms with Gasteiger partial charge < -0.3 is 46.2 Å². The molecule has 67 heavy (non-hydrogen) atoms. The summed E-state index contributed by atoms with van der Waals surface area (Å²) in [7, 11) is 0. The van der Waals surface area contributed by atoms with Gasteiger partial charge in [0, 0.05) is 94.0 Å². The number of aromatic nitrogens is 2. The number of carboxylic acid groups (broad SMARTS) is 4. The van der Waals surface area contributed by atoms with E-state index in [9.17, 15) is 78.0 Å². The Morgan fingerprint density at radius 3 is 1.66 bits per heavy atom. The number of unbranched alkanes of at least 4 members (excludes halogenated alkanes) is 1. The number of ketones is 5. The summed E-state index contributed by atoms with van der Waals surface area (Å²) in [4.78, 5) is 153. The number of carboxylic acids is 4. The summed E-state index contributed by atoms with van der Waals surface area (Å²) < 4.78 is 0. The zero-order valence-electron chi connectivity index (χ0n) is 39.0. The van der Waals surface area contributed by atoms with Crippen LogP contribution in [0.25, 0.3) is 0 Å². The predicted octanol–water partition coefficient (Wildman–Crippen LogP) is 3.55. The Morgan fingerprint density at radius 1 is 0.612 bits per heavy atom. The largest absolute Gasteiger partial charge is 0.481 e. The fraction of sp³-hybridized carbons (Fsp3) is 0.674. The van der Waals surface area contributed by atoms with Crippen LogP contribution in [0.2, 0.25) is 0 Å². The molecule has 0 aliphatic rings. The van der Waals surface area contributed by atoms with Crippen LogP contribution in [0.4, 0.5) is 0 Å². The van der Waals surface area contributed by atoms with Crippen LogP contribution in [0.3, 0.4) is 0 Å². The summed E-state index contributed by atoms with van der Waals surface area (Å²) in [6.45, 7) is 6.79. The molecule has 0 aliphatic heterocycles. The molecule has 0 aliphatic carbocycles. The number of H-pyrrole nitrogens is 1. The second-order valence-corrected chi connectivity index (χ2v) is 17.6. The normalized spacial score (nSPS) is 13.5. The third kappa shape index (κ3) is 25.4. The van der Waals surface area contributed by atoms with E-state index in [1.54, 1.807) is 33.3 Å². The lowest BCUT2D eigenvalue weighted by atomic mass is 9.79. The molecule has 3 amide bonds. The first-order chi connectivity index (χ1) is 31.4. The van der Waals surface area contributed by atoms with Crippen LogP contribution in [0.1, 0.15) is 155 Å². The monoisotopic (exact) mass is 947 g/mol. The van der Waals surface area contributed by atoms with Crippen molar-refractivity contribution in [2.45, 2.75) is 168 Å². The van der Waals surface area contributed by atoms with Gasteiger partial charge in [0.2, 0.25) is 17.7 Å². The highest BCUT2D eigenvalue weighted by Crippen LogP contribution is 2.29. The van der Waals surface area contributed by atoms with Crippen molar-refractivity contribution in [2.24, 2.45) is 23.2 Å². The minimum atomic E-state index is -1.55. The molecule has 0 unspecified atom stereocenters. The smallest absolute Gasteiger partial charge is 0.326 e. The Morgan fingerprint density at radius 2 is 1.15 bits per heavy atom. The number of carbonyl (C=O) groups excluding carboxylic acids is 8. The molecule has 1 rings (SSSR count). The highest BCUT2D eigenvalue weighted by atomic mass is 16.4. The molecule has 374 valence electrons. The quantitative estimate of drug-likeness (QED) is 0.0437. The van der Waals surface area contributed by atoms with Crippen molar-refractivity contribution in [3.05, 3.63) is 18.2 Å². The van der Waals surface area contributed by atoms with Gasteiger partial charge in [-0.05, 0) is 64.7 Å². The number of rotatable bonds is 39. The maximum atomic E-state index is 13.1. The number of hydrogen-bond acceptors (Lipinski definition) is 13. The summed E-state index contributed by atoms with van der Waals surface area (Å²) in [6.07, 6.45) is 3.40. The van der Waals surface area contributed by atoms with E-state index in [-0.39, 0.29) is 74.8 Å². The summed E-state index contributed by atoms with van der Waals surface area (Å²) in [5, 5.41) is 45.2. The van der Waals surface area contributed by atoms with Crippen molar-refractivity contribution < 1.29 is 78.0 Å². The van der Waals surface area contributed by atoms with Crippen molar-refractivity contribution in [2.75, 3.05) is 6.54 Å². The van der Waals surface area contributed by atoms with Crippen LogP contribution in [0.5, 0.6) is 0 Å². The van der Waals surface area contributed by atoms with E-state index in [1.807, 2.05) is 0 Å². The molecule has 0 aromatic carbocycles. The Balaban J connectivity index is 2.51. The van der Waals surface area contributed by atoms with Crippen LogP contribution in [0, 0.1) is 23.2 Å². The molecule has 21 nitrogen and oxygen atoms in total. The summed E-state index contributed by atoms with van der Waals surface area (Å²) in [6, 6.07) is -3.04. The van der Waals surface area contributed by atoms with E-state index in [4.69, 9.17) is 0 Å². The Labute approximate surface area is 389 Å². The third-order valence-electron chi connectivity index (χ3n) is 11.6. The van der Waals surface area contributed by atoms with E-state index in [0.29, 0.717) is 51.4 Å². The lowest BCUT2D eigenvalue weighted by Gasteiger charge is -2.24. The average molecular weight is 948 g/mol. The predicted molar refractivity (Wildman–Crippen MR) is 238 cm³/mol. The molecule has 21 heteroatoms. The standard InChI is InChI=1S/C46H69N5O16/c1-5-37(55)29(9-17-38(56)46(3,4)22-21-33(53)13-12-32-26-47-27-49-32)8-6-7-23-48-39(57)20-16-36(45(66)67)51-41(59)19-11-31(43(62)63)25-34(54)14-15-35(44(64)65)50-40(58)18-10-30(42(60)61)24-28(2)52/h26-27,29-31,35-36H,5-25H2,1-4H3,(H,47,49)(H,48,57)(H,50,58)(H,51,59)(H,60,61)(H,62,63)(H,64,65)(H,66,67)/t29-,30-,31-,35+,36+/m1/s1. The maximum Gasteiger partial charge on any atom is 0.326 e. The van der Waals surface area contributed by atoms with Gasteiger partial charge in [-0.15, -0.1) is 0 Å². The van der Waals surface area contributed by atoms with Gasteiger partial charge in [-0.3, -0.25) is 43.2 Å². The number of aromatic amines is 1. The number of nitrogens with one attached hydrogen (secondary N) is 4. The second-order valence-electron chi connectivity index (χ2n) is 17.6. The van der Waals surface area contributed by atoms with Crippen LogP contribution in [0.15, 0.2) is 12.5 Å². The van der Waals surface area contributed by atoms with E-state index in [1.165, 1.54) is 6.92 Å². The average Bonchev–Trinajstić information content (AvgIpc) is 3.79. The van der Waals surface area contributed by atoms with Crippen LogP contribution < -0.4 is 16.0 Å². The van der Waals surface area contributed by atoms with Gasteiger partial charge in [0.25, 0.3) is 0 Å². The van der Waals surface area contributed by atoms with Crippen molar-refractivity contribution in [3.63, 3.8) is 0 Å². The molecular formula is C46H69N5O16. The summed E-state index contributed by atoms with van der Waals surface area (Å²) >= 11 is 0. The zero-order chi connectivity index (χ0) is 50.7. The molecule has 5 atom stereocenters. The minimum absolute atomic E-state index is 0.0213. The van der Waals surface area contributed by atoms with Crippen LogP contribution in [-0.4, -0.2) is 120 Å². The number of hydrogen-bond donors (Lipinski definition) is 8. The van der Waals surface area contributed by atoms with E-state index in [2.05, 4.69) is 25.9 Å². The molecule has 0 radical (unpaired) electrons. The number of aliphatic carboxylic acids is 4. The van der Waals surface area contributed by atoms with Gasteiger partial charge >= 0.3 is 23.9 Å². The molecule has 1 heterocycles. The topological polar surface area (TPSA) is 351 Å². The summed E-state index contributed by atoms with van der Waals surface area (Å²) in [5.74, 6) is -11.7. The van der Waals surface area contributed by atoms with E-state index in [0.717, 1.165) is 5.69 Å². The SMILES string of the molecule is CCC(=O)[C@H](CCCCNC(=O)CC[C@H](NC(=O)CC[C@H](CC(=O)CC[C@H](NC(=O)CC[C@H](CC(C)=O)C(=O)O)C(=O)O)C(=O)O)C(=O)O)CCC(=O)C(C)(C)CCC(=O)CCc1cnc[nH]1. The molecule has 1 aromatic rings. The lowest BCUT2D eigenvalue weighted by Crippen LogP contribution is -2.42. The van der Waals surface area contributed by atoms with Crippen molar-refractivity contribution in [3.8, 4) is 0 Å². The van der Waals surface area contributed by atoms with Crippen molar-refractivity contribution in [1.82, 2.24) is 25.9 Å². The zero-order valence-corrected chi connectivity index (χ0v) is 39.0. The number of nitrogens with zero attached hydrogens (tertiary/aromatic N) is 1. The third-order valence-corrected chi connectivity index (χ3v) is 11.6. The van der Waals surface area contributed by atoms with Gasteiger partial charge in [-0.1, -0.05) is 27.2 Å². The van der Waals surface area contributed by atoms with Crippen LogP contribution in [-0.2, 0) is 64.0 Å². The van der Waals surface area contributed by atoms with Gasteiger partial charge in [0.15, 0.2) is 0 Å². The fourth-order valence-electron chi connectivity index (χ4n) is 7.23. The number of carbonyl (C=O) groups is 12. The fourth-order valence-corrected chi connectivity index (χ4v) is 7.23. The lowest BCUT2D eigenvalue weighted by molar-refractivity contribution is -0.145. The van der Waals surface area contributed by atoms with Crippen molar-refractivity contribution >= 4 is 70.5 Å². The second kappa shape index (κ2) is 30.9. The molecule has 0 fully saturated rings. The van der Waals surface area contributed by atoms with Crippen LogP contribution >= 0.6 is 0 Å². The highest BCUT2D eigenvalue weighted by molar-refractivity contribution is 5.89. The number of amides is 3. The molecule has 0 spiro atoms. The maximum absolute atomic E-state index is 13.1. The van der Waals surface area contributed by atoms with E-state index < -0.39 is 115 Å². The van der Waals surface area contributed by atoms with E-state index >= 15 is 0 Å². The molecule has 1 aromatic heterocycles. The molecule has 8 N–H and O–H groups in total.